The second kappa shape index (κ2) is 8.23. The highest BCUT2D eigenvalue weighted by atomic mass is 35.5. The van der Waals surface area contributed by atoms with E-state index < -0.39 is 18.4 Å². The molecule has 1 saturated heterocycles. The van der Waals surface area contributed by atoms with E-state index in [-0.39, 0.29) is 21.9 Å². The van der Waals surface area contributed by atoms with Crippen LogP contribution >= 0.6 is 47.2 Å². The highest BCUT2D eigenvalue weighted by Gasteiger charge is 2.37. The average Bonchev–Trinajstić information content (AvgIpc) is 3.25. The lowest BCUT2D eigenvalue weighted by Crippen LogP contribution is -2.38. The molecule has 10 heteroatoms. The second-order valence-corrected chi connectivity index (χ2v) is 8.41. The van der Waals surface area contributed by atoms with Crippen molar-refractivity contribution < 1.29 is 23.8 Å². The van der Waals surface area contributed by atoms with E-state index in [4.69, 9.17) is 49.6 Å². The highest BCUT2D eigenvalue weighted by Crippen LogP contribution is 2.36. The number of amides is 2. The van der Waals surface area contributed by atoms with E-state index in [1.807, 2.05) is 0 Å². The fourth-order valence-corrected chi connectivity index (χ4v) is 4.39. The fraction of sp³-hybridized carbons (Fsp3) is 0.105. The Balaban J connectivity index is 1.46. The summed E-state index contributed by atoms with van der Waals surface area (Å²) >= 11 is 18.1. The summed E-state index contributed by atoms with van der Waals surface area (Å²) in [7, 11) is 0. The van der Waals surface area contributed by atoms with Gasteiger partial charge in [0.05, 0.1) is 9.93 Å². The Kier molecular flexibility index (Phi) is 5.69. The van der Waals surface area contributed by atoms with Gasteiger partial charge in [-0.15, -0.1) is 0 Å². The van der Waals surface area contributed by atoms with Gasteiger partial charge in [0.25, 0.3) is 11.8 Å². The summed E-state index contributed by atoms with van der Waals surface area (Å²) in [6.07, 6.45) is 1.64. The third-order valence-corrected chi connectivity index (χ3v) is 5.82. The van der Waals surface area contributed by atoms with E-state index in [0.717, 1.165) is 22.2 Å². The number of ether oxygens (including phenoxy) is 3. The van der Waals surface area contributed by atoms with Crippen LogP contribution in [0.2, 0.25) is 10.0 Å². The number of nitrogens with zero attached hydrogens (tertiary/aromatic N) is 1. The van der Waals surface area contributed by atoms with E-state index in [1.54, 1.807) is 36.4 Å². The predicted molar refractivity (Wildman–Crippen MR) is 115 cm³/mol. The van der Waals surface area contributed by atoms with Gasteiger partial charge in [0, 0.05) is 5.02 Å². The molecular formula is C19H11Cl2NO5S2. The monoisotopic (exact) mass is 467 g/mol. The van der Waals surface area contributed by atoms with Crippen molar-refractivity contribution in [2.24, 2.45) is 0 Å². The number of rotatable bonds is 4. The first-order valence-corrected chi connectivity index (χ1v) is 10.2. The van der Waals surface area contributed by atoms with Crippen LogP contribution < -0.4 is 14.2 Å². The van der Waals surface area contributed by atoms with Crippen LogP contribution in [0, 0.1) is 0 Å². The topological polar surface area (TPSA) is 65.1 Å². The number of imide groups is 1. The Morgan fingerprint density at radius 3 is 2.79 bits per heavy atom. The molecule has 0 N–H and O–H groups in total. The van der Waals surface area contributed by atoms with E-state index in [9.17, 15) is 9.59 Å². The molecule has 0 atom stereocenters. The zero-order valence-electron chi connectivity index (χ0n) is 14.5. The SMILES string of the molecule is O=C(COc1ccc(Cl)cc1Cl)N1C(=O)/C(=C/c2ccc3c(c2)OCO3)SC1=S. The lowest BCUT2D eigenvalue weighted by atomic mass is 10.2. The van der Waals surface area contributed by atoms with Crippen LogP contribution in [0.15, 0.2) is 41.3 Å². The first kappa shape index (κ1) is 20.0. The predicted octanol–water partition coefficient (Wildman–Crippen LogP) is 4.53. The quantitative estimate of drug-likeness (QED) is 0.483. The van der Waals surface area contributed by atoms with Crippen LogP contribution in [0.1, 0.15) is 5.56 Å². The molecule has 2 aromatic rings. The molecule has 0 radical (unpaired) electrons. The molecule has 0 bridgehead atoms. The molecule has 4 rings (SSSR count). The first-order valence-electron chi connectivity index (χ1n) is 8.20. The number of thiocarbonyl (C=S) groups is 1. The van der Waals surface area contributed by atoms with E-state index in [2.05, 4.69) is 0 Å². The number of fused-ring (bicyclic) bond motifs is 1. The summed E-state index contributed by atoms with van der Waals surface area (Å²) in [5.41, 5.74) is 0.728. The van der Waals surface area contributed by atoms with Crippen molar-refractivity contribution >= 4 is 69.4 Å². The van der Waals surface area contributed by atoms with Gasteiger partial charge in [0.15, 0.2) is 22.4 Å². The summed E-state index contributed by atoms with van der Waals surface area (Å²) in [5.74, 6) is 0.424. The van der Waals surface area contributed by atoms with Crippen molar-refractivity contribution in [3.8, 4) is 17.2 Å². The highest BCUT2D eigenvalue weighted by molar-refractivity contribution is 8.26. The Bertz CT molecular complexity index is 1070. The van der Waals surface area contributed by atoms with E-state index in [1.165, 1.54) is 6.07 Å². The minimum absolute atomic E-state index is 0.137. The smallest absolute Gasteiger partial charge is 0.273 e. The van der Waals surface area contributed by atoms with Crippen molar-refractivity contribution in [1.82, 2.24) is 4.90 Å². The molecule has 0 saturated carbocycles. The van der Waals surface area contributed by atoms with Gasteiger partial charge in [-0.05, 0) is 42.0 Å². The maximum Gasteiger partial charge on any atom is 0.273 e. The standard InChI is InChI=1S/C19H11Cl2NO5S2/c20-11-2-4-13(12(21)7-11)25-8-17(23)22-18(24)16(29-19(22)28)6-10-1-3-14-15(5-10)27-9-26-14/h1-7H,8-9H2/b16-6-. The molecule has 0 spiro atoms. The maximum absolute atomic E-state index is 12.7. The van der Waals surface area contributed by atoms with Gasteiger partial charge in [-0.25, -0.2) is 4.90 Å². The normalized spacial score (nSPS) is 16.6. The first-order chi connectivity index (χ1) is 13.9. The summed E-state index contributed by atoms with van der Waals surface area (Å²) in [6, 6.07) is 9.92. The van der Waals surface area contributed by atoms with Crippen molar-refractivity contribution in [3.05, 3.63) is 56.9 Å². The third kappa shape index (κ3) is 4.20. The van der Waals surface area contributed by atoms with Gasteiger partial charge in [-0.3, -0.25) is 9.59 Å². The number of hydrogen-bond acceptors (Lipinski definition) is 7. The molecule has 2 aromatic carbocycles. The molecule has 2 amide bonds. The molecule has 6 nitrogen and oxygen atoms in total. The number of halogens is 2. The molecule has 2 aliphatic rings. The van der Waals surface area contributed by atoms with Gasteiger partial charge < -0.3 is 14.2 Å². The van der Waals surface area contributed by atoms with Crippen LogP contribution in [-0.2, 0) is 9.59 Å². The largest absolute Gasteiger partial charge is 0.482 e. The van der Waals surface area contributed by atoms with Crippen LogP contribution in [0.5, 0.6) is 17.2 Å². The molecule has 0 aliphatic carbocycles. The molecule has 2 heterocycles. The van der Waals surface area contributed by atoms with Crippen molar-refractivity contribution in [3.63, 3.8) is 0 Å². The third-order valence-electron chi connectivity index (χ3n) is 3.98. The number of benzene rings is 2. The summed E-state index contributed by atoms with van der Waals surface area (Å²) in [6.45, 7) is -0.238. The van der Waals surface area contributed by atoms with Crippen molar-refractivity contribution in [2.75, 3.05) is 13.4 Å². The molecule has 148 valence electrons. The lowest BCUT2D eigenvalue weighted by molar-refractivity contribution is -0.137. The summed E-state index contributed by atoms with van der Waals surface area (Å²) < 4.78 is 16.2. The van der Waals surface area contributed by atoms with Crippen molar-refractivity contribution in [2.45, 2.75) is 0 Å². The number of thioether (sulfide) groups is 1. The van der Waals surface area contributed by atoms with Crippen LogP contribution in [0.4, 0.5) is 0 Å². The van der Waals surface area contributed by atoms with Crippen molar-refractivity contribution in [1.29, 1.82) is 0 Å². The molecule has 0 aromatic heterocycles. The number of carbonyl (C=O) groups excluding carboxylic acids is 2. The average molecular weight is 468 g/mol. The van der Waals surface area contributed by atoms with Crippen LogP contribution in [0.3, 0.4) is 0 Å². The number of hydrogen-bond donors (Lipinski definition) is 0. The Morgan fingerprint density at radius 2 is 2.00 bits per heavy atom. The van der Waals surface area contributed by atoms with Gasteiger partial charge >= 0.3 is 0 Å². The maximum atomic E-state index is 12.7. The van der Waals surface area contributed by atoms with Crippen LogP contribution in [0.25, 0.3) is 6.08 Å². The second-order valence-electron chi connectivity index (χ2n) is 5.89. The molecule has 0 unspecified atom stereocenters. The van der Waals surface area contributed by atoms with Crippen LogP contribution in [-0.4, -0.2) is 34.4 Å². The zero-order chi connectivity index (χ0) is 20.5. The zero-order valence-corrected chi connectivity index (χ0v) is 17.7. The van der Waals surface area contributed by atoms with Gasteiger partial charge in [0.1, 0.15) is 5.75 Å². The van der Waals surface area contributed by atoms with E-state index in [0.29, 0.717) is 21.4 Å². The lowest BCUT2D eigenvalue weighted by Gasteiger charge is -2.13. The molecule has 2 aliphatic heterocycles. The Hall–Kier alpha value is -2.26. The Labute approximate surface area is 185 Å². The molecule has 29 heavy (non-hydrogen) atoms. The summed E-state index contributed by atoms with van der Waals surface area (Å²) in [5, 5.41) is 0.706. The van der Waals surface area contributed by atoms with E-state index >= 15 is 0 Å². The van der Waals surface area contributed by atoms with Gasteiger partial charge in [-0.2, -0.15) is 0 Å². The van der Waals surface area contributed by atoms with Gasteiger partial charge in [-0.1, -0.05) is 53.2 Å². The Morgan fingerprint density at radius 1 is 1.21 bits per heavy atom. The minimum Gasteiger partial charge on any atom is -0.482 e. The van der Waals surface area contributed by atoms with Gasteiger partial charge in [0.2, 0.25) is 6.79 Å². The summed E-state index contributed by atoms with van der Waals surface area (Å²) in [4.78, 5) is 26.5. The molecule has 1 fully saturated rings. The molecular weight excluding hydrogens is 457 g/mol. The fourth-order valence-electron chi connectivity index (χ4n) is 2.63. The minimum atomic E-state index is -0.590. The number of carbonyl (C=O) groups is 2.